The van der Waals surface area contributed by atoms with Crippen molar-refractivity contribution >= 4 is 27.9 Å². The van der Waals surface area contributed by atoms with Crippen molar-refractivity contribution in [3.63, 3.8) is 0 Å². The Morgan fingerprint density at radius 1 is 1.19 bits per heavy atom. The van der Waals surface area contributed by atoms with Crippen molar-refractivity contribution in [2.45, 2.75) is 6.42 Å². The summed E-state index contributed by atoms with van der Waals surface area (Å²) in [4.78, 5) is 23.5. The molecule has 5 heteroatoms. The van der Waals surface area contributed by atoms with Gasteiger partial charge in [0, 0.05) is 5.56 Å². The first-order valence-corrected chi connectivity index (χ1v) is 6.35. The second kappa shape index (κ2) is 4.94. The van der Waals surface area contributed by atoms with Crippen LogP contribution < -0.4 is 10.2 Å². The van der Waals surface area contributed by atoms with Crippen molar-refractivity contribution in [1.29, 1.82) is 0 Å². The van der Waals surface area contributed by atoms with Crippen molar-refractivity contribution in [2.24, 2.45) is 0 Å². The van der Waals surface area contributed by atoms with Gasteiger partial charge < -0.3 is 14.3 Å². The van der Waals surface area contributed by atoms with Crippen LogP contribution in [0.4, 0.5) is 0 Å². The first-order valence-electron chi connectivity index (χ1n) is 6.35. The standard InChI is InChI=1S/C16H12O5/c1-20-12-7-6-10-15(19)9-4-2-3-5-13(9)21-16(10)11(12)8-14(17)18/h2-7H,8H2,1H3,(H,17,18). The fraction of sp³-hybridized carbons (Fsp3) is 0.125. The van der Waals surface area contributed by atoms with Gasteiger partial charge in [-0.05, 0) is 24.3 Å². The number of hydrogen-bond acceptors (Lipinski definition) is 4. The fourth-order valence-corrected chi connectivity index (χ4v) is 2.41. The smallest absolute Gasteiger partial charge is 0.308 e. The molecular formula is C16H12O5. The van der Waals surface area contributed by atoms with Crippen molar-refractivity contribution < 1.29 is 19.1 Å². The van der Waals surface area contributed by atoms with Crippen LogP contribution in [0.3, 0.4) is 0 Å². The van der Waals surface area contributed by atoms with E-state index in [1.165, 1.54) is 7.11 Å². The zero-order chi connectivity index (χ0) is 15.0. The summed E-state index contributed by atoms with van der Waals surface area (Å²) >= 11 is 0. The van der Waals surface area contributed by atoms with E-state index in [1.54, 1.807) is 36.4 Å². The number of methoxy groups -OCH3 is 1. The molecule has 0 bridgehead atoms. The summed E-state index contributed by atoms with van der Waals surface area (Å²) in [5, 5.41) is 9.88. The molecule has 0 saturated carbocycles. The highest BCUT2D eigenvalue weighted by Crippen LogP contribution is 2.29. The third-order valence-corrected chi connectivity index (χ3v) is 3.35. The number of carboxylic acid groups (broad SMARTS) is 1. The number of benzene rings is 2. The molecule has 0 saturated heterocycles. The Morgan fingerprint density at radius 3 is 2.67 bits per heavy atom. The van der Waals surface area contributed by atoms with Crippen molar-refractivity contribution in [3.05, 3.63) is 52.2 Å². The molecule has 0 radical (unpaired) electrons. The number of carboxylic acids is 1. The largest absolute Gasteiger partial charge is 0.496 e. The molecular weight excluding hydrogens is 272 g/mol. The first-order chi connectivity index (χ1) is 10.1. The number of fused-ring (bicyclic) bond motifs is 2. The maximum absolute atomic E-state index is 12.5. The molecule has 106 valence electrons. The molecule has 0 aliphatic carbocycles. The van der Waals surface area contributed by atoms with E-state index in [4.69, 9.17) is 14.3 Å². The summed E-state index contributed by atoms with van der Waals surface area (Å²) in [7, 11) is 1.45. The van der Waals surface area contributed by atoms with Gasteiger partial charge in [-0.15, -0.1) is 0 Å². The summed E-state index contributed by atoms with van der Waals surface area (Å²) in [6, 6.07) is 10.1. The number of rotatable bonds is 3. The lowest BCUT2D eigenvalue weighted by atomic mass is 10.0. The number of hydrogen-bond donors (Lipinski definition) is 1. The second-order valence-electron chi connectivity index (χ2n) is 4.62. The van der Waals surface area contributed by atoms with Crippen LogP contribution in [0.25, 0.3) is 21.9 Å². The van der Waals surface area contributed by atoms with Gasteiger partial charge in [0.05, 0.1) is 24.3 Å². The molecule has 0 aliphatic rings. The molecule has 3 rings (SSSR count). The third kappa shape index (κ3) is 2.12. The molecule has 0 aliphatic heterocycles. The number of ether oxygens (including phenoxy) is 1. The molecule has 3 aromatic rings. The van der Waals surface area contributed by atoms with Crippen LogP contribution in [0.1, 0.15) is 5.56 Å². The van der Waals surface area contributed by atoms with Crippen molar-refractivity contribution in [1.82, 2.24) is 0 Å². The van der Waals surface area contributed by atoms with Crippen LogP contribution in [-0.2, 0) is 11.2 Å². The molecule has 5 nitrogen and oxygen atoms in total. The van der Waals surface area contributed by atoms with Gasteiger partial charge in [0.25, 0.3) is 0 Å². The SMILES string of the molecule is COc1ccc2c(=O)c3ccccc3oc2c1CC(=O)O. The van der Waals surface area contributed by atoms with Crippen molar-refractivity contribution in [2.75, 3.05) is 7.11 Å². The maximum Gasteiger partial charge on any atom is 0.308 e. The maximum atomic E-state index is 12.5. The fourth-order valence-electron chi connectivity index (χ4n) is 2.41. The normalized spacial score (nSPS) is 10.9. The quantitative estimate of drug-likeness (QED) is 0.748. The van der Waals surface area contributed by atoms with E-state index in [-0.39, 0.29) is 17.4 Å². The third-order valence-electron chi connectivity index (χ3n) is 3.35. The van der Waals surface area contributed by atoms with E-state index >= 15 is 0 Å². The highest BCUT2D eigenvalue weighted by Gasteiger charge is 2.17. The van der Waals surface area contributed by atoms with E-state index in [9.17, 15) is 9.59 Å². The van der Waals surface area contributed by atoms with Crippen LogP contribution in [0.5, 0.6) is 5.75 Å². The Labute approximate surface area is 119 Å². The van der Waals surface area contributed by atoms with Crippen LogP contribution in [0.2, 0.25) is 0 Å². The molecule has 1 N–H and O–H groups in total. The molecule has 0 spiro atoms. The van der Waals surface area contributed by atoms with E-state index < -0.39 is 5.97 Å². The average molecular weight is 284 g/mol. The predicted molar refractivity (Wildman–Crippen MR) is 77.9 cm³/mol. The summed E-state index contributed by atoms with van der Waals surface area (Å²) in [5.74, 6) is -0.625. The molecule has 0 amide bonds. The Hall–Kier alpha value is -2.82. The van der Waals surface area contributed by atoms with Gasteiger partial charge in [0.2, 0.25) is 5.43 Å². The van der Waals surface area contributed by atoms with Crippen LogP contribution in [0, 0.1) is 0 Å². The Morgan fingerprint density at radius 2 is 1.95 bits per heavy atom. The van der Waals surface area contributed by atoms with Gasteiger partial charge in [-0.1, -0.05) is 12.1 Å². The van der Waals surface area contributed by atoms with Gasteiger partial charge in [0.15, 0.2) is 0 Å². The average Bonchev–Trinajstić information content (AvgIpc) is 2.48. The molecule has 0 fully saturated rings. The van der Waals surface area contributed by atoms with Crippen LogP contribution in [0.15, 0.2) is 45.6 Å². The zero-order valence-electron chi connectivity index (χ0n) is 11.3. The Bertz CT molecular complexity index is 908. The van der Waals surface area contributed by atoms with E-state index in [2.05, 4.69) is 0 Å². The van der Waals surface area contributed by atoms with Crippen LogP contribution in [-0.4, -0.2) is 18.2 Å². The second-order valence-corrected chi connectivity index (χ2v) is 4.62. The summed E-state index contributed by atoms with van der Waals surface area (Å²) < 4.78 is 10.9. The number of aliphatic carboxylic acids is 1. The summed E-state index contributed by atoms with van der Waals surface area (Å²) in [6.07, 6.45) is -0.276. The zero-order valence-corrected chi connectivity index (χ0v) is 11.3. The molecule has 21 heavy (non-hydrogen) atoms. The molecule has 0 unspecified atom stereocenters. The Balaban J connectivity index is 2.46. The number of para-hydroxylation sites is 1. The van der Waals surface area contributed by atoms with E-state index in [0.717, 1.165) is 0 Å². The molecule has 2 aromatic carbocycles. The van der Waals surface area contributed by atoms with E-state index in [1.807, 2.05) is 0 Å². The minimum atomic E-state index is -1.02. The van der Waals surface area contributed by atoms with Gasteiger partial charge in [-0.3, -0.25) is 9.59 Å². The number of carbonyl (C=O) groups is 1. The van der Waals surface area contributed by atoms with Crippen molar-refractivity contribution in [3.8, 4) is 5.75 Å². The molecule has 1 heterocycles. The minimum absolute atomic E-state index is 0.179. The monoisotopic (exact) mass is 284 g/mol. The van der Waals surface area contributed by atoms with Gasteiger partial charge in [-0.2, -0.15) is 0 Å². The summed E-state index contributed by atoms with van der Waals surface area (Å²) in [6.45, 7) is 0. The molecule has 1 aromatic heterocycles. The highest BCUT2D eigenvalue weighted by atomic mass is 16.5. The highest BCUT2D eigenvalue weighted by molar-refractivity contribution is 5.93. The van der Waals surface area contributed by atoms with Gasteiger partial charge in [-0.25, -0.2) is 0 Å². The summed E-state index contributed by atoms with van der Waals surface area (Å²) in [5.41, 5.74) is 0.877. The predicted octanol–water partition coefficient (Wildman–Crippen LogP) is 2.58. The lowest BCUT2D eigenvalue weighted by Crippen LogP contribution is -2.07. The topological polar surface area (TPSA) is 76.7 Å². The Kier molecular flexibility index (Phi) is 3.10. The van der Waals surface area contributed by atoms with Crippen LogP contribution >= 0.6 is 0 Å². The van der Waals surface area contributed by atoms with Gasteiger partial charge >= 0.3 is 5.97 Å². The first kappa shape index (κ1) is 13.2. The van der Waals surface area contributed by atoms with Gasteiger partial charge in [0.1, 0.15) is 16.9 Å². The minimum Gasteiger partial charge on any atom is -0.496 e. The lowest BCUT2D eigenvalue weighted by molar-refractivity contribution is -0.136. The van der Waals surface area contributed by atoms with E-state index in [0.29, 0.717) is 27.7 Å². The molecule has 0 atom stereocenters. The lowest BCUT2D eigenvalue weighted by Gasteiger charge is -2.10.